The molecule has 1 aromatic rings. The topological polar surface area (TPSA) is 55.1 Å². The summed E-state index contributed by atoms with van der Waals surface area (Å²) in [5.41, 5.74) is 0.481. The molecule has 0 amide bonds. The van der Waals surface area contributed by atoms with Crippen molar-refractivity contribution in [2.24, 2.45) is 5.92 Å². The largest absolute Gasteiger partial charge is 0.385 e. The lowest BCUT2D eigenvalue weighted by Gasteiger charge is -2.13. The van der Waals surface area contributed by atoms with Crippen molar-refractivity contribution < 1.29 is 9.90 Å². The number of hydrogen-bond acceptors (Lipinski definition) is 3. The Labute approximate surface area is 103 Å². The Balaban J connectivity index is 2.30. The summed E-state index contributed by atoms with van der Waals surface area (Å²) in [5, 5.41) is 14.0. The highest BCUT2D eigenvalue weighted by Crippen LogP contribution is 2.35. The van der Waals surface area contributed by atoms with E-state index in [-0.39, 0.29) is 17.7 Å². The number of halogens is 1. The fourth-order valence-electron chi connectivity index (χ4n) is 1.73. The maximum absolute atomic E-state index is 12.1. The van der Waals surface area contributed by atoms with E-state index in [2.05, 4.69) is 21.0 Å². The maximum atomic E-state index is 12.1. The Morgan fingerprint density at radius 3 is 2.75 bits per heavy atom. The SMILES string of the molecule is CC(C)n1ncc(Br)c1C(=O)C(O)C1CC1. The van der Waals surface area contributed by atoms with Gasteiger partial charge in [-0.2, -0.15) is 5.10 Å². The summed E-state index contributed by atoms with van der Waals surface area (Å²) >= 11 is 3.31. The van der Waals surface area contributed by atoms with Gasteiger partial charge in [-0.1, -0.05) is 0 Å². The Bertz CT molecular complexity index is 410. The van der Waals surface area contributed by atoms with Crippen LogP contribution in [-0.4, -0.2) is 26.8 Å². The van der Waals surface area contributed by atoms with Gasteiger partial charge < -0.3 is 5.11 Å². The van der Waals surface area contributed by atoms with Gasteiger partial charge in [0.25, 0.3) is 0 Å². The van der Waals surface area contributed by atoms with Crippen molar-refractivity contribution in [3.05, 3.63) is 16.4 Å². The predicted molar refractivity (Wildman–Crippen MR) is 63.4 cm³/mol. The standard InChI is InChI=1S/C11H15BrN2O2/c1-6(2)14-9(8(12)5-13-14)11(16)10(15)7-3-4-7/h5-7,10,15H,3-4H2,1-2H3. The molecule has 88 valence electrons. The minimum atomic E-state index is -0.870. The predicted octanol–water partition coefficient (Wildman–Crippen LogP) is 2.18. The van der Waals surface area contributed by atoms with E-state index in [4.69, 9.17) is 0 Å². The lowest BCUT2D eigenvalue weighted by atomic mass is 10.1. The Morgan fingerprint density at radius 2 is 2.25 bits per heavy atom. The van der Waals surface area contributed by atoms with Gasteiger partial charge in [0.15, 0.2) is 0 Å². The molecule has 0 aromatic carbocycles. The third-order valence-electron chi connectivity index (χ3n) is 2.81. The summed E-state index contributed by atoms with van der Waals surface area (Å²) in [6.07, 6.45) is 2.62. The summed E-state index contributed by atoms with van der Waals surface area (Å²) in [6.45, 7) is 3.92. The number of nitrogens with zero attached hydrogens (tertiary/aromatic N) is 2. The number of carbonyl (C=O) groups is 1. The van der Waals surface area contributed by atoms with Crippen molar-refractivity contribution in [3.63, 3.8) is 0 Å². The van der Waals surface area contributed by atoms with Gasteiger partial charge in [0.2, 0.25) is 5.78 Å². The van der Waals surface area contributed by atoms with E-state index in [1.165, 1.54) is 0 Å². The number of Topliss-reactive ketones (excluding diaryl/α,β-unsaturated/α-hetero) is 1. The molecule has 1 N–H and O–H groups in total. The first-order valence-corrected chi connectivity index (χ1v) is 6.27. The van der Waals surface area contributed by atoms with Gasteiger partial charge in [-0.25, -0.2) is 0 Å². The van der Waals surface area contributed by atoms with Gasteiger partial charge in [-0.05, 0) is 48.5 Å². The summed E-state index contributed by atoms with van der Waals surface area (Å²) in [6, 6.07) is 0.108. The van der Waals surface area contributed by atoms with Crippen LogP contribution in [0.5, 0.6) is 0 Å². The van der Waals surface area contributed by atoms with Crippen LogP contribution >= 0.6 is 15.9 Å². The van der Waals surface area contributed by atoms with E-state index in [1.54, 1.807) is 10.9 Å². The molecule has 0 saturated heterocycles. The fourth-order valence-corrected chi connectivity index (χ4v) is 2.20. The number of hydrogen-bond donors (Lipinski definition) is 1. The molecule has 1 heterocycles. The summed E-state index contributed by atoms with van der Waals surface area (Å²) in [5.74, 6) is -0.0736. The zero-order chi connectivity index (χ0) is 11.9. The van der Waals surface area contributed by atoms with Gasteiger partial charge in [0.05, 0.1) is 10.7 Å². The van der Waals surface area contributed by atoms with Gasteiger partial charge in [0, 0.05) is 6.04 Å². The molecule has 0 aliphatic heterocycles. The third kappa shape index (κ3) is 2.06. The Kier molecular flexibility index (Phi) is 3.17. The molecular formula is C11H15BrN2O2. The van der Waals surface area contributed by atoms with Crippen LogP contribution in [0.25, 0.3) is 0 Å². The molecule has 1 unspecified atom stereocenters. The van der Waals surface area contributed by atoms with Crippen LogP contribution in [0.15, 0.2) is 10.7 Å². The first-order chi connectivity index (χ1) is 7.52. The maximum Gasteiger partial charge on any atom is 0.210 e. The fraction of sp³-hybridized carbons (Fsp3) is 0.636. The number of carbonyl (C=O) groups excluding carboxylic acids is 1. The normalized spacial score (nSPS) is 17.8. The molecule has 1 atom stereocenters. The van der Waals surface area contributed by atoms with Crippen molar-refractivity contribution in [2.45, 2.75) is 38.8 Å². The van der Waals surface area contributed by atoms with E-state index in [0.29, 0.717) is 10.2 Å². The van der Waals surface area contributed by atoms with E-state index < -0.39 is 6.10 Å². The van der Waals surface area contributed by atoms with Gasteiger partial charge in [-0.3, -0.25) is 9.48 Å². The van der Waals surface area contributed by atoms with Crippen LogP contribution in [0.3, 0.4) is 0 Å². The number of rotatable bonds is 4. The number of aromatic nitrogens is 2. The lowest BCUT2D eigenvalue weighted by Crippen LogP contribution is -2.26. The molecular weight excluding hydrogens is 272 g/mol. The van der Waals surface area contributed by atoms with Crippen molar-refractivity contribution in [3.8, 4) is 0 Å². The molecule has 4 nitrogen and oxygen atoms in total. The quantitative estimate of drug-likeness (QED) is 0.864. The first-order valence-electron chi connectivity index (χ1n) is 5.47. The van der Waals surface area contributed by atoms with E-state index in [9.17, 15) is 9.90 Å². The zero-order valence-corrected chi connectivity index (χ0v) is 10.9. The molecule has 0 bridgehead atoms. The second-order valence-electron chi connectivity index (χ2n) is 4.53. The minimum Gasteiger partial charge on any atom is -0.385 e. The van der Waals surface area contributed by atoms with E-state index in [0.717, 1.165) is 12.8 Å². The molecule has 1 saturated carbocycles. The number of aliphatic hydroxyl groups excluding tert-OH is 1. The van der Waals surface area contributed by atoms with Crippen LogP contribution in [0.1, 0.15) is 43.2 Å². The van der Waals surface area contributed by atoms with Crippen LogP contribution in [0, 0.1) is 5.92 Å². The smallest absolute Gasteiger partial charge is 0.210 e. The van der Waals surface area contributed by atoms with Crippen molar-refractivity contribution in [1.82, 2.24) is 9.78 Å². The Morgan fingerprint density at radius 1 is 1.62 bits per heavy atom. The van der Waals surface area contributed by atoms with Gasteiger partial charge >= 0.3 is 0 Å². The van der Waals surface area contributed by atoms with Crippen LogP contribution < -0.4 is 0 Å². The van der Waals surface area contributed by atoms with E-state index in [1.807, 2.05) is 13.8 Å². The summed E-state index contributed by atoms with van der Waals surface area (Å²) in [4.78, 5) is 12.1. The zero-order valence-electron chi connectivity index (χ0n) is 9.35. The van der Waals surface area contributed by atoms with Crippen LogP contribution in [-0.2, 0) is 0 Å². The van der Waals surface area contributed by atoms with Gasteiger partial charge in [-0.15, -0.1) is 0 Å². The second-order valence-corrected chi connectivity index (χ2v) is 5.38. The summed E-state index contributed by atoms with van der Waals surface area (Å²) in [7, 11) is 0. The van der Waals surface area contributed by atoms with Crippen molar-refractivity contribution >= 4 is 21.7 Å². The Hall–Kier alpha value is -0.680. The van der Waals surface area contributed by atoms with Crippen molar-refractivity contribution in [1.29, 1.82) is 0 Å². The number of ketones is 1. The third-order valence-corrected chi connectivity index (χ3v) is 3.39. The van der Waals surface area contributed by atoms with Crippen molar-refractivity contribution in [2.75, 3.05) is 0 Å². The molecule has 1 aliphatic carbocycles. The highest BCUT2D eigenvalue weighted by molar-refractivity contribution is 9.10. The molecule has 16 heavy (non-hydrogen) atoms. The average Bonchev–Trinajstić information content (AvgIpc) is 2.99. The number of aliphatic hydroxyl groups is 1. The van der Waals surface area contributed by atoms with Gasteiger partial charge in [0.1, 0.15) is 11.8 Å². The highest BCUT2D eigenvalue weighted by atomic mass is 79.9. The first kappa shape index (κ1) is 11.8. The second kappa shape index (κ2) is 4.30. The molecule has 1 fully saturated rings. The lowest BCUT2D eigenvalue weighted by molar-refractivity contribution is 0.0689. The average molecular weight is 287 g/mol. The molecule has 1 aromatic heterocycles. The van der Waals surface area contributed by atoms with Crippen LogP contribution in [0.2, 0.25) is 0 Å². The van der Waals surface area contributed by atoms with E-state index >= 15 is 0 Å². The highest BCUT2D eigenvalue weighted by Gasteiger charge is 2.37. The molecule has 1 aliphatic rings. The minimum absolute atomic E-state index is 0.108. The summed E-state index contributed by atoms with van der Waals surface area (Å²) < 4.78 is 2.31. The molecule has 0 radical (unpaired) electrons. The molecule has 0 spiro atoms. The monoisotopic (exact) mass is 286 g/mol. The molecule has 5 heteroatoms. The molecule has 2 rings (SSSR count). The van der Waals surface area contributed by atoms with Crippen LogP contribution in [0.4, 0.5) is 0 Å².